The van der Waals surface area contributed by atoms with E-state index in [0.29, 0.717) is 11.6 Å². The maximum atomic E-state index is 12.5. The number of oxazole rings is 1. The summed E-state index contributed by atoms with van der Waals surface area (Å²) in [7, 11) is 1.93. The molecule has 112 valence electrons. The summed E-state index contributed by atoms with van der Waals surface area (Å²) in [6.07, 6.45) is 7.11. The lowest BCUT2D eigenvalue weighted by molar-refractivity contribution is 0.0916. The van der Waals surface area contributed by atoms with Gasteiger partial charge in [-0.1, -0.05) is 13.8 Å². The van der Waals surface area contributed by atoms with Crippen LogP contribution in [0, 0.1) is 5.92 Å². The standard InChI is InChI=1S/C15H20N4O2/c1-9(2)11(14-16-6-7-19(14)3)18-15(20)12-13(10-4-5-10)21-8-17-12/h6-11H,4-5H2,1-3H3,(H,18,20). The molecule has 0 radical (unpaired) electrons. The molecule has 1 fully saturated rings. The molecular formula is C15H20N4O2. The minimum Gasteiger partial charge on any atom is -0.447 e. The van der Waals surface area contributed by atoms with Crippen molar-refractivity contribution in [2.24, 2.45) is 13.0 Å². The quantitative estimate of drug-likeness (QED) is 0.917. The van der Waals surface area contributed by atoms with E-state index in [0.717, 1.165) is 24.4 Å². The van der Waals surface area contributed by atoms with Crippen molar-refractivity contribution in [3.8, 4) is 0 Å². The molecule has 1 saturated carbocycles. The number of nitrogens with zero attached hydrogens (tertiary/aromatic N) is 3. The predicted octanol–water partition coefficient (Wildman–Crippen LogP) is 2.41. The van der Waals surface area contributed by atoms with E-state index in [2.05, 4.69) is 29.1 Å². The monoisotopic (exact) mass is 288 g/mol. The molecule has 0 aliphatic heterocycles. The van der Waals surface area contributed by atoms with Gasteiger partial charge in [-0.3, -0.25) is 4.79 Å². The highest BCUT2D eigenvalue weighted by molar-refractivity contribution is 5.93. The van der Waals surface area contributed by atoms with Crippen LogP contribution in [-0.4, -0.2) is 20.4 Å². The van der Waals surface area contributed by atoms with Gasteiger partial charge >= 0.3 is 0 Å². The Kier molecular flexibility index (Phi) is 3.53. The fourth-order valence-electron chi connectivity index (χ4n) is 2.48. The van der Waals surface area contributed by atoms with Crippen molar-refractivity contribution in [3.05, 3.63) is 36.1 Å². The summed E-state index contributed by atoms with van der Waals surface area (Å²) >= 11 is 0. The second-order valence-corrected chi connectivity index (χ2v) is 5.93. The van der Waals surface area contributed by atoms with Gasteiger partial charge in [-0.25, -0.2) is 9.97 Å². The second kappa shape index (κ2) is 5.35. The molecular weight excluding hydrogens is 268 g/mol. The molecule has 3 rings (SSSR count). The second-order valence-electron chi connectivity index (χ2n) is 5.93. The van der Waals surface area contributed by atoms with Crippen LogP contribution in [0.4, 0.5) is 0 Å². The third kappa shape index (κ3) is 2.70. The normalized spacial score (nSPS) is 16.2. The predicted molar refractivity (Wildman–Crippen MR) is 76.7 cm³/mol. The highest BCUT2D eigenvalue weighted by Crippen LogP contribution is 2.41. The molecule has 1 atom stereocenters. The number of aromatic nitrogens is 3. The van der Waals surface area contributed by atoms with E-state index in [1.165, 1.54) is 6.39 Å². The van der Waals surface area contributed by atoms with E-state index in [-0.39, 0.29) is 17.9 Å². The summed E-state index contributed by atoms with van der Waals surface area (Å²) < 4.78 is 7.30. The number of rotatable bonds is 5. The molecule has 0 bridgehead atoms. The molecule has 1 N–H and O–H groups in total. The molecule has 1 aliphatic rings. The molecule has 0 saturated heterocycles. The van der Waals surface area contributed by atoms with Gasteiger partial charge in [-0.15, -0.1) is 0 Å². The van der Waals surface area contributed by atoms with E-state index in [1.54, 1.807) is 6.20 Å². The number of hydrogen-bond donors (Lipinski definition) is 1. The van der Waals surface area contributed by atoms with Crippen molar-refractivity contribution in [3.63, 3.8) is 0 Å². The zero-order chi connectivity index (χ0) is 15.0. The van der Waals surface area contributed by atoms with Gasteiger partial charge in [0.1, 0.15) is 11.6 Å². The number of carbonyl (C=O) groups is 1. The van der Waals surface area contributed by atoms with Crippen LogP contribution < -0.4 is 5.32 Å². The van der Waals surface area contributed by atoms with Crippen molar-refractivity contribution in [2.45, 2.75) is 38.6 Å². The fourth-order valence-corrected chi connectivity index (χ4v) is 2.48. The third-order valence-electron chi connectivity index (χ3n) is 3.85. The van der Waals surface area contributed by atoms with Gasteiger partial charge in [-0.05, 0) is 18.8 Å². The lowest BCUT2D eigenvalue weighted by Gasteiger charge is -2.21. The Balaban J connectivity index is 1.81. The number of imidazole rings is 1. The van der Waals surface area contributed by atoms with Gasteiger partial charge in [0.15, 0.2) is 12.1 Å². The van der Waals surface area contributed by atoms with Gasteiger partial charge in [0, 0.05) is 25.4 Å². The molecule has 1 unspecified atom stereocenters. The molecule has 6 nitrogen and oxygen atoms in total. The molecule has 2 aromatic rings. The molecule has 6 heteroatoms. The van der Waals surface area contributed by atoms with E-state index in [4.69, 9.17) is 4.42 Å². The largest absolute Gasteiger partial charge is 0.447 e. The number of carbonyl (C=O) groups excluding carboxylic acids is 1. The van der Waals surface area contributed by atoms with Crippen molar-refractivity contribution in [2.75, 3.05) is 0 Å². The van der Waals surface area contributed by atoms with Crippen LogP contribution in [0.5, 0.6) is 0 Å². The first-order valence-electron chi connectivity index (χ1n) is 7.29. The van der Waals surface area contributed by atoms with E-state index in [9.17, 15) is 4.79 Å². The smallest absolute Gasteiger partial charge is 0.274 e. The molecule has 0 spiro atoms. The first-order chi connectivity index (χ1) is 10.1. The lowest BCUT2D eigenvalue weighted by atomic mass is 10.0. The van der Waals surface area contributed by atoms with Crippen molar-refractivity contribution >= 4 is 5.91 Å². The Morgan fingerprint density at radius 3 is 2.76 bits per heavy atom. The summed E-state index contributed by atoms with van der Waals surface area (Å²) in [5.74, 6) is 1.96. The summed E-state index contributed by atoms with van der Waals surface area (Å²) in [6, 6.07) is -0.152. The number of amides is 1. The Morgan fingerprint density at radius 1 is 1.43 bits per heavy atom. The van der Waals surface area contributed by atoms with Crippen LogP contribution in [0.2, 0.25) is 0 Å². The lowest BCUT2D eigenvalue weighted by Crippen LogP contribution is -2.34. The minimum atomic E-state index is -0.188. The first kappa shape index (κ1) is 13.9. The molecule has 0 aromatic carbocycles. The fraction of sp³-hybridized carbons (Fsp3) is 0.533. The highest BCUT2D eigenvalue weighted by Gasteiger charge is 2.33. The minimum absolute atomic E-state index is 0.152. The van der Waals surface area contributed by atoms with Gasteiger partial charge in [0.25, 0.3) is 5.91 Å². The van der Waals surface area contributed by atoms with Crippen LogP contribution >= 0.6 is 0 Å². The van der Waals surface area contributed by atoms with Crippen LogP contribution in [0.15, 0.2) is 23.2 Å². The topological polar surface area (TPSA) is 73.0 Å². The Hall–Kier alpha value is -2.11. The Morgan fingerprint density at radius 2 is 2.19 bits per heavy atom. The Bertz CT molecular complexity index is 640. The molecule has 1 amide bonds. The molecule has 1 aliphatic carbocycles. The van der Waals surface area contributed by atoms with E-state index >= 15 is 0 Å². The van der Waals surface area contributed by atoms with Gasteiger partial charge in [0.05, 0.1) is 6.04 Å². The van der Waals surface area contributed by atoms with E-state index in [1.807, 2.05) is 17.8 Å². The van der Waals surface area contributed by atoms with Crippen molar-refractivity contribution < 1.29 is 9.21 Å². The Labute approximate surface area is 123 Å². The van der Waals surface area contributed by atoms with Crippen LogP contribution in [-0.2, 0) is 7.05 Å². The summed E-state index contributed by atoms with van der Waals surface area (Å²) in [6.45, 7) is 4.12. The number of aryl methyl sites for hydroxylation is 1. The zero-order valence-corrected chi connectivity index (χ0v) is 12.5. The van der Waals surface area contributed by atoms with E-state index < -0.39 is 0 Å². The zero-order valence-electron chi connectivity index (χ0n) is 12.5. The SMILES string of the molecule is CC(C)C(NC(=O)c1ncoc1C1CC1)c1nccn1C. The number of hydrogen-bond acceptors (Lipinski definition) is 4. The average molecular weight is 288 g/mol. The van der Waals surface area contributed by atoms with Crippen molar-refractivity contribution in [1.82, 2.24) is 19.9 Å². The maximum absolute atomic E-state index is 12.5. The summed E-state index contributed by atoms with van der Waals surface area (Å²) in [4.78, 5) is 20.9. The van der Waals surface area contributed by atoms with Gasteiger partial charge in [0.2, 0.25) is 0 Å². The molecule has 21 heavy (non-hydrogen) atoms. The summed E-state index contributed by atoms with van der Waals surface area (Å²) in [5.41, 5.74) is 0.414. The van der Waals surface area contributed by atoms with Crippen LogP contribution in [0.3, 0.4) is 0 Å². The molecule has 2 aromatic heterocycles. The van der Waals surface area contributed by atoms with Crippen LogP contribution in [0.1, 0.15) is 60.7 Å². The van der Waals surface area contributed by atoms with Gasteiger partial charge in [-0.2, -0.15) is 0 Å². The third-order valence-corrected chi connectivity index (χ3v) is 3.85. The maximum Gasteiger partial charge on any atom is 0.274 e. The van der Waals surface area contributed by atoms with Gasteiger partial charge < -0.3 is 14.3 Å². The van der Waals surface area contributed by atoms with Crippen molar-refractivity contribution in [1.29, 1.82) is 0 Å². The number of nitrogens with one attached hydrogen (secondary N) is 1. The van der Waals surface area contributed by atoms with Crippen LogP contribution in [0.25, 0.3) is 0 Å². The highest BCUT2D eigenvalue weighted by atomic mass is 16.3. The molecule has 2 heterocycles. The average Bonchev–Trinajstić information content (AvgIpc) is 3.01. The summed E-state index contributed by atoms with van der Waals surface area (Å²) in [5, 5.41) is 3.04. The first-order valence-corrected chi connectivity index (χ1v) is 7.29.